The first-order valence-electron chi connectivity index (χ1n) is 6.42. The van der Waals surface area contributed by atoms with Gasteiger partial charge in [-0.3, -0.25) is 0 Å². The molecular formula is C15H16N4. The lowest BCUT2D eigenvalue weighted by Crippen LogP contribution is -2.11. The van der Waals surface area contributed by atoms with E-state index in [4.69, 9.17) is 0 Å². The molecule has 0 radical (unpaired) electrons. The van der Waals surface area contributed by atoms with Gasteiger partial charge in [-0.05, 0) is 36.8 Å². The molecule has 4 nitrogen and oxygen atoms in total. The van der Waals surface area contributed by atoms with Gasteiger partial charge in [0.25, 0.3) is 0 Å². The second kappa shape index (κ2) is 5.10. The van der Waals surface area contributed by atoms with Gasteiger partial charge in [-0.15, -0.1) is 5.10 Å². The van der Waals surface area contributed by atoms with Crippen molar-refractivity contribution in [2.45, 2.75) is 13.5 Å². The highest BCUT2D eigenvalue weighted by molar-refractivity contribution is 5.73. The first-order chi connectivity index (χ1) is 9.33. The highest BCUT2D eigenvalue weighted by Crippen LogP contribution is 2.11. The van der Waals surface area contributed by atoms with E-state index in [1.165, 1.54) is 5.56 Å². The maximum absolute atomic E-state index is 4.17. The Kier molecular flexibility index (Phi) is 3.14. The summed E-state index contributed by atoms with van der Waals surface area (Å²) in [5.41, 5.74) is 4.42. The van der Waals surface area contributed by atoms with Crippen LogP contribution in [0.5, 0.6) is 0 Å². The molecule has 1 aromatic heterocycles. The van der Waals surface area contributed by atoms with Gasteiger partial charge in [0.1, 0.15) is 5.52 Å². The molecule has 2 aromatic carbocycles. The zero-order chi connectivity index (χ0) is 13.1. The Morgan fingerprint density at radius 1 is 1.11 bits per heavy atom. The van der Waals surface area contributed by atoms with Crippen LogP contribution in [0.1, 0.15) is 5.56 Å². The zero-order valence-electron chi connectivity index (χ0n) is 10.9. The lowest BCUT2D eigenvalue weighted by Gasteiger charge is -2.07. The number of hydrogen-bond donors (Lipinski definition) is 1. The summed E-state index contributed by atoms with van der Waals surface area (Å²) in [4.78, 5) is 0. The molecule has 0 saturated heterocycles. The summed E-state index contributed by atoms with van der Waals surface area (Å²) in [6.07, 6.45) is 0. The predicted octanol–water partition coefficient (Wildman–Crippen LogP) is 2.85. The standard InChI is InChI=1S/C15H16N4/c1-12-5-4-6-13(11-12)16-9-10-19-15-8-3-2-7-14(15)17-18-19/h2-8,11,16H,9-10H2,1H3. The van der Waals surface area contributed by atoms with Crippen molar-refractivity contribution in [1.82, 2.24) is 15.0 Å². The molecule has 0 aliphatic heterocycles. The van der Waals surface area contributed by atoms with E-state index in [1.807, 2.05) is 28.9 Å². The molecule has 0 spiro atoms. The molecule has 1 heterocycles. The van der Waals surface area contributed by atoms with Gasteiger partial charge < -0.3 is 5.32 Å². The van der Waals surface area contributed by atoms with E-state index in [0.717, 1.165) is 29.8 Å². The minimum atomic E-state index is 0.800. The Morgan fingerprint density at radius 2 is 2.00 bits per heavy atom. The summed E-state index contributed by atoms with van der Waals surface area (Å²) in [6.45, 7) is 3.72. The Morgan fingerprint density at radius 3 is 2.89 bits per heavy atom. The van der Waals surface area contributed by atoms with Crippen LogP contribution in [0.15, 0.2) is 48.5 Å². The minimum absolute atomic E-state index is 0.800. The largest absolute Gasteiger partial charge is 0.383 e. The number of nitrogens with one attached hydrogen (secondary N) is 1. The monoisotopic (exact) mass is 252 g/mol. The number of aryl methyl sites for hydroxylation is 1. The average Bonchev–Trinajstić information content (AvgIpc) is 2.83. The van der Waals surface area contributed by atoms with Crippen molar-refractivity contribution in [2.24, 2.45) is 0 Å². The molecule has 96 valence electrons. The molecule has 0 bridgehead atoms. The maximum Gasteiger partial charge on any atom is 0.113 e. The molecule has 3 rings (SSSR count). The van der Waals surface area contributed by atoms with E-state index in [0.29, 0.717) is 0 Å². The van der Waals surface area contributed by atoms with Crippen molar-refractivity contribution >= 4 is 16.7 Å². The van der Waals surface area contributed by atoms with Crippen LogP contribution >= 0.6 is 0 Å². The first kappa shape index (κ1) is 11.7. The molecule has 0 saturated carbocycles. The highest BCUT2D eigenvalue weighted by Gasteiger charge is 2.02. The summed E-state index contributed by atoms with van der Waals surface area (Å²) in [7, 11) is 0. The second-order valence-electron chi connectivity index (χ2n) is 4.60. The fourth-order valence-electron chi connectivity index (χ4n) is 2.14. The number of hydrogen-bond acceptors (Lipinski definition) is 3. The van der Waals surface area contributed by atoms with Crippen LogP contribution in [-0.4, -0.2) is 21.5 Å². The van der Waals surface area contributed by atoms with Gasteiger partial charge in [0.15, 0.2) is 0 Å². The molecular weight excluding hydrogens is 236 g/mol. The fraction of sp³-hybridized carbons (Fsp3) is 0.200. The predicted molar refractivity (Wildman–Crippen MR) is 77.2 cm³/mol. The summed E-state index contributed by atoms with van der Waals surface area (Å²) >= 11 is 0. The van der Waals surface area contributed by atoms with Crippen LogP contribution in [0.25, 0.3) is 11.0 Å². The van der Waals surface area contributed by atoms with Crippen molar-refractivity contribution in [1.29, 1.82) is 0 Å². The maximum atomic E-state index is 4.17. The lowest BCUT2D eigenvalue weighted by atomic mass is 10.2. The van der Waals surface area contributed by atoms with Crippen molar-refractivity contribution < 1.29 is 0 Å². The van der Waals surface area contributed by atoms with Crippen LogP contribution in [0.2, 0.25) is 0 Å². The summed E-state index contributed by atoms with van der Waals surface area (Å²) in [6, 6.07) is 16.4. The molecule has 0 aliphatic rings. The van der Waals surface area contributed by atoms with E-state index < -0.39 is 0 Å². The molecule has 0 atom stereocenters. The van der Waals surface area contributed by atoms with Gasteiger partial charge in [-0.2, -0.15) is 0 Å². The molecule has 4 heteroatoms. The third-order valence-corrected chi connectivity index (χ3v) is 3.09. The van der Waals surface area contributed by atoms with Crippen LogP contribution < -0.4 is 5.32 Å². The van der Waals surface area contributed by atoms with Gasteiger partial charge >= 0.3 is 0 Å². The van der Waals surface area contributed by atoms with E-state index in [1.54, 1.807) is 0 Å². The Bertz CT molecular complexity index is 687. The minimum Gasteiger partial charge on any atom is -0.383 e. The highest BCUT2D eigenvalue weighted by atomic mass is 15.4. The van der Waals surface area contributed by atoms with Crippen LogP contribution in [0, 0.1) is 6.92 Å². The number of aromatic nitrogens is 3. The van der Waals surface area contributed by atoms with Crippen molar-refractivity contribution in [3.8, 4) is 0 Å². The first-order valence-corrected chi connectivity index (χ1v) is 6.42. The smallest absolute Gasteiger partial charge is 0.113 e. The van der Waals surface area contributed by atoms with Gasteiger partial charge in [0.05, 0.1) is 12.1 Å². The normalized spacial score (nSPS) is 10.8. The quantitative estimate of drug-likeness (QED) is 0.776. The van der Waals surface area contributed by atoms with E-state index in [2.05, 4.69) is 46.8 Å². The SMILES string of the molecule is Cc1cccc(NCCn2nnc3ccccc32)c1. The van der Waals surface area contributed by atoms with Crippen molar-refractivity contribution in [2.75, 3.05) is 11.9 Å². The molecule has 19 heavy (non-hydrogen) atoms. The fourth-order valence-corrected chi connectivity index (χ4v) is 2.14. The Hall–Kier alpha value is -2.36. The molecule has 3 aromatic rings. The number of nitrogens with zero attached hydrogens (tertiary/aromatic N) is 3. The third-order valence-electron chi connectivity index (χ3n) is 3.09. The summed E-state index contributed by atoms with van der Waals surface area (Å²) < 4.78 is 1.93. The average molecular weight is 252 g/mol. The van der Waals surface area contributed by atoms with Crippen molar-refractivity contribution in [3.05, 3.63) is 54.1 Å². The summed E-state index contributed by atoms with van der Waals surface area (Å²) in [5, 5.41) is 11.7. The number of benzene rings is 2. The number of anilines is 1. The van der Waals surface area contributed by atoms with Crippen LogP contribution in [0.4, 0.5) is 5.69 Å². The van der Waals surface area contributed by atoms with Gasteiger partial charge in [-0.25, -0.2) is 4.68 Å². The molecule has 1 N–H and O–H groups in total. The molecule has 0 fully saturated rings. The van der Waals surface area contributed by atoms with Gasteiger partial charge in [0, 0.05) is 12.2 Å². The van der Waals surface area contributed by atoms with Crippen LogP contribution in [-0.2, 0) is 6.54 Å². The van der Waals surface area contributed by atoms with Gasteiger partial charge in [0.2, 0.25) is 0 Å². The zero-order valence-corrected chi connectivity index (χ0v) is 10.9. The topological polar surface area (TPSA) is 42.7 Å². The van der Waals surface area contributed by atoms with Crippen molar-refractivity contribution in [3.63, 3.8) is 0 Å². The van der Waals surface area contributed by atoms with Gasteiger partial charge in [-0.1, -0.05) is 29.5 Å². The molecule has 0 unspecified atom stereocenters. The van der Waals surface area contributed by atoms with E-state index in [9.17, 15) is 0 Å². The number of para-hydroxylation sites is 1. The number of rotatable bonds is 4. The molecule has 0 aliphatic carbocycles. The third kappa shape index (κ3) is 2.57. The number of fused-ring (bicyclic) bond motifs is 1. The molecule has 0 amide bonds. The summed E-state index contributed by atoms with van der Waals surface area (Å²) in [5.74, 6) is 0. The Labute approximate surface area is 112 Å². The Balaban J connectivity index is 1.66. The lowest BCUT2D eigenvalue weighted by molar-refractivity contribution is 0.627. The second-order valence-corrected chi connectivity index (χ2v) is 4.60. The van der Waals surface area contributed by atoms with E-state index in [-0.39, 0.29) is 0 Å². The van der Waals surface area contributed by atoms with E-state index >= 15 is 0 Å². The van der Waals surface area contributed by atoms with Crippen LogP contribution in [0.3, 0.4) is 0 Å².